The quantitative estimate of drug-likeness (QED) is 0.387. The first-order valence-corrected chi connectivity index (χ1v) is 21.5. The summed E-state index contributed by atoms with van der Waals surface area (Å²) in [6, 6.07) is 18.0. The maximum atomic E-state index is 7.98. The Kier molecular flexibility index (Phi) is 5.84. The third-order valence-corrected chi connectivity index (χ3v) is 24.8. The SMILES string of the molecule is CC(C)N([BH][Zr]([Cl])([Cl])([CH]1C=Cc2ccccc21)[CH]1C=Cc2ccccc21)C(C)C. The zero-order valence-electron chi connectivity index (χ0n) is 17.6. The van der Waals surface area contributed by atoms with Crippen LogP contribution in [0.1, 0.15) is 57.2 Å². The van der Waals surface area contributed by atoms with Crippen LogP contribution >= 0.6 is 17.0 Å². The summed E-state index contributed by atoms with van der Waals surface area (Å²) in [4.78, 5) is 3.29. The number of benzene rings is 2. The fourth-order valence-corrected chi connectivity index (χ4v) is 23.6. The summed E-state index contributed by atoms with van der Waals surface area (Å²) in [6.45, 7) is 9.00. The van der Waals surface area contributed by atoms with E-state index >= 15 is 0 Å². The topological polar surface area (TPSA) is 3.24 Å². The second kappa shape index (κ2) is 7.83. The van der Waals surface area contributed by atoms with Gasteiger partial charge < -0.3 is 0 Å². The van der Waals surface area contributed by atoms with Crippen LogP contribution in [0.25, 0.3) is 12.2 Å². The molecule has 2 aliphatic rings. The molecule has 151 valence electrons. The molecule has 0 amide bonds. The molecule has 5 heteroatoms. The summed E-state index contributed by atoms with van der Waals surface area (Å²) in [6.07, 6.45) is 9.03. The maximum absolute atomic E-state index is 7.98. The van der Waals surface area contributed by atoms with E-state index in [2.05, 4.69) is 105 Å². The van der Waals surface area contributed by atoms with Gasteiger partial charge in [0.25, 0.3) is 0 Å². The molecule has 29 heavy (non-hydrogen) atoms. The summed E-state index contributed by atoms with van der Waals surface area (Å²) in [5.74, 6) is 0. The first-order chi connectivity index (χ1) is 13.7. The van der Waals surface area contributed by atoms with Gasteiger partial charge in [-0.1, -0.05) is 0 Å². The Morgan fingerprint density at radius 3 is 1.59 bits per heavy atom. The normalized spacial score (nSPS) is 21.5. The molecule has 2 aliphatic carbocycles. The Labute approximate surface area is 184 Å². The minimum atomic E-state index is -4.55. The van der Waals surface area contributed by atoms with Gasteiger partial charge in [0.15, 0.2) is 0 Å². The molecule has 0 aliphatic heterocycles. The van der Waals surface area contributed by atoms with Gasteiger partial charge in [-0.15, -0.1) is 0 Å². The Morgan fingerprint density at radius 2 is 1.17 bits per heavy atom. The van der Waals surface area contributed by atoms with Gasteiger partial charge in [0.05, 0.1) is 0 Å². The molecule has 1 nitrogen and oxygen atoms in total. The van der Waals surface area contributed by atoms with E-state index in [-0.39, 0.29) is 7.25 Å². The molecule has 4 rings (SSSR count). The second-order valence-electron chi connectivity index (χ2n) is 9.14. The van der Waals surface area contributed by atoms with Gasteiger partial charge in [-0.2, -0.15) is 0 Å². The van der Waals surface area contributed by atoms with Crippen LogP contribution in [0, 0.1) is 0 Å². The van der Waals surface area contributed by atoms with Gasteiger partial charge in [0.1, 0.15) is 0 Å². The molecular formula is C24H29BCl2NZr. The van der Waals surface area contributed by atoms with E-state index in [0.29, 0.717) is 12.1 Å². The van der Waals surface area contributed by atoms with E-state index in [1.54, 1.807) is 0 Å². The van der Waals surface area contributed by atoms with Gasteiger partial charge in [-0.25, -0.2) is 0 Å². The molecule has 0 bridgehead atoms. The molecule has 0 aromatic heterocycles. The van der Waals surface area contributed by atoms with E-state index in [0.717, 1.165) is 4.95 Å². The Morgan fingerprint density at radius 1 is 0.759 bits per heavy atom. The van der Waals surface area contributed by atoms with Crippen molar-refractivity contribution in [2.24, 2.45) is 0 Å². The summed E-state index contributed by atoms with van der Waals surface area (Å²) >= 11 is -4.55. The molecule has 2 unspecified atom stereocenters. The Hall–Kier alpha value is -0.592. The van der Waals surface area contributed by atoms with Crippen LogP contribution in [0.15, 0.2) is 60.7 Å². The molecule has 0 spiro atoms. The third kappa shape index (κ3) is 3.67. The Balaban J connectivity index is 1.89. The van der Waals surface area contributed by atoms with Crippen LogP contribution in [0.5, 0.6) is 0 Å². The van der Waals surface area contributed by atoms with Crippen molar-refractivity contribution in [2.75, 3.05) is 0 Å². The summed E-state index contributed by atoms with van der Waals surface area (Å²) in [5.41, 5.74) is 5.12. The van der Waals surface area contributed by atoms with Crippen LogP contribution in [-0.2, 0) is 16.2 Å². The molecule has 0 N–H and O–H groups in total. The predicted octanol–water partition coefficient (Wildman–Crippen LogP) is 6.91. The number of hydrogen-bond acceptors (Lipinski definition) is 1. The van der Waals surface area contributed by atoms with Gasteiger partial charge >= 0.3 is 185 Å². The molecule has 0 saturated heterocycles. The predicted molar refractivity (Wildman–Crippen MR) is 127 cm³/mol. The van der Waals surface area contributed by atoms with Crippen molar-refractivity contribution >= 4 is 34.1 Å². The molecule has 0 fully saturated rings. The van der Waals surface area contributed by atoms with E-state index < -0.39 is 16.2 Å². The number of allylic oxidation sites excluding steroid dienone is 2. The second-order valence-corrected chi connectivity index (χ2v) is 31.3. The van der Waals surface area contributed by atoms with E-state index in [4.69, 9.17) is 17.0 Å². The van der Waals surface area contributed by atoms with Gasteiger partial charge in [-0.05, 0) is 0 Å². The monoisotopic (exact) mass is 502 g/mol. The number of hydrogen-bond donors (Lipinski definition) is 0. The number of fused-ring (bicyclic) bond motifs is 2. The van der Waals surface area contributed by atoms with Crippen molar-refractivity contribution in [1.29, 1.82) is 0 Å². The van der Waals surface area contributed by atoms with E-state index in [1.165, 1.54) is 22.3 Å². The molecular weight excluding hydrogens is 475 g/mol. The molecule has 0 saturated carbocycles. The number of rotatable bonds is 6. The average Bonchev–Trinajstić information content (AvgIpc) is 3.31. The van der Waals surface area contributed by atoms with Crippen molar-refractivity contribution < 1.29 is 16.2 Å². The Bertz CT molecular complexity index is 909. The van der Waals surface area contributed by atoms with Crippen LogP contribution in [-0.4, -0.2) is 21.8 Å². The van der Waals surface area contributed by atoms with Crippen molar-refractivity contribution in [3.8, 4) is 0 Å². The first-order valence-electron chi connectivity index (χ1n) is 10.6. The van der Waals surface area contributed by atoms with Crippen molar-refractivity contribution in [3.05, 3.63) is 82.9 Å². The van der Waals surface area contributed by atoms with Crippen LogP contribution in [0.2, 0.25) is 0 Å². The van der Waals surface area contributed by atoms with Crippen molar-refractivity contribution in [3.63, 3.8) is 0 Å². The molecule has 2 atom stereocenters. The zero-order chi connectivity index (χ0) is 20.8. The molecule has 0 heterocycles. The summed E-state index contributed by atoms with van der Waals surface area (Å²) in [5, 5.41) is 0. The number of nitrogens with zero attached hydrogens (tertiary/aromatic N) is 1. The van der Waals surface area contributed by atoms with Crippen molar-refractivity contribution in [2.45, 2.75) is 47.0 Å². The van der Waals surface area contributed by atoms with Crippen LogP contribution < -0.4 is 0 Å². The fourth-order valence-electron chi connectivity index (χ4n) is 5.23. The first kappa shape index (κ1) is 21.6. The fraction of sp³-hybridized carbons (Fsp3) is 0.333. The van der Waals surface area contributed by atoms with Gasteiger partial charge in [0.2, 0.25) is 0 Å². The van der Waals surface area contributed by atoms with Crippen molar-refractivity contribution in [1.82, 2.24) is 4.81 Å². The zero-order valence-corrected chi connectivity index (χ0v) is 21.6. The summed E-state index contributed by atoms with van der Waals surface area (Å²) < 4.78 is 0.216. The van der Waals surface area contributed by atoms with Crippen LogP contribution in [0.4, 0.5) is 0 Å². The molecule has 2 aromatic rings. The molecule has 2 aromatic carbocycles. The summed E-state index contributed by atoms with van der Waals surface area (Å²) in [7, 11) is 16.0. The standard InChI is InChI=1S/2C9H7.C6H15BN.2ClH.Zr/c2*1-2-5-9-7-3-6-8(9)4-1;1-5(2)8(7)6(3)4;;;/h2*1-7H;5-7H,1-4H3;2*1H;/q;;+1;;;+1/p-2. The van der Waals surface area contributed by atoms with Gasteiger partial charge in [0, 0.05) is 0 Å². The van der Waals surface area contributed by atoms with Crippen LogP contribution in [0.3, 0.4) is 0 Å². The molecule has 0 radical (unpaired) electrons. The average molecular weight is 504 g/mol. The third-order valence-electron chi connectivity index (χ3n) is 6.68. The minimum absolute atomic E-state index is 0.108. The van der Waals surface area contributed by atoms with E-state index in [9.17, 15) is 0 Å². The number of halogens is 2. The van der Waals surface area contributed by atoms with Gasteiger partial charge in [-0.3, -0.25) is 0 Å². The van der Waals surface area contributed by atoms with E-state index in [1.807, 2.05) is 0 Å².